The molecule has 0 saturated carbocycles. The first kappa shape index (κ1) is 14.1. The van der Waals surface area contributed by atoms with Gasteiger partial charge in [0.2, 0.25) is 5.91 Å². The van der Waals surface area contributed by atoms with Gasteiger partial charge in [-0.3, -0.25) is 9.59 Å². The third kappa shape index (κ3) is 3.86. The summed E-state index contributed by atoms with van der Waals surface area (Å²) in [6.07, 6.45) is 1.70. The van der Waals surface area contributed by atoms with Crippen LogP contribution < -0.4 is 16.6 Å². The lowest BCUT2D eigenvalue weighted by Gasteiger charge is -2.07. The van der Waals surface area contributed by atoms with E-state index in [9.17, 15) is 9.59 Å². The summed E-state index contributed by atoms with van der Waals surface area (Å²) in [4.78, 5) is 23.3. The van der Waals surface area contributed by atoms with Crippen molar-refractivity contribution in [3.63, 3.8) is 0 Å². The molecule has 2 rings (SSSR count). The highest BCUT2D eigenvalue weighted by Gasteiger charge is 2.04. The predicted octanol–water partition coefficient (Wildman–Crippen LogP) is 2.11. The number of carbonyl (C=O) groups is 1. The SMILES string of the molecule is Nc1ccc(NC(=O)CCn2cc(Cl)ccc2=O)cc1. The largest absolute Gasteiger partial charge is 0.399 e. The molecule has 20 heavy (non-hydrogen) atoms. The Labute approximate surface area is 121 Å². The first-order chi connectivity index (χ1) is 9.54. The molecule has 0 aliphatic heterocycles. The molecule has 0 fully saturated rings. The highest BCUT2D eigenvalue weighted by Crippen LogP contribution is 2.11. The number of halogens is 1. The van der Waals surface area contributed by atoms with Crippen LogP contribution in [0.4, 0.5) is 11.4 Å². The molecule has 1 heterocycles. The van der Waals surface area contributed by atoms with Crippen molar-refractivity contribution in [3.05, 3.63) is 58.0 Å². The van der Waals surface area contributed by atoms with Crippen molar-refractivity contribution in [2.45, 2.75) is 13.0 Å². The Kier molecular flexibility index (Phi) is 4.42. The number of carbonyl (C=O) groups excluding carboxylic acids is 1. The number of nitrogens with zero attached hydrogens (tertiary/aromatic N) is 1. The Morgan fingerprint density at radius 1 is 1.20 bits per heavy atom. The molecule has 0 aliphatic carbocycles. The van der Waals surface area contributed by atoms with Crippen LogP contribution in [-0.2, 0) is 11.3 Å². The zero-order chi connectivity index (χ0) is 14.5. The summed E-state index contributed by atoms with van der Waals surface area (Å²) in [6, 6.07) is 9.75. The number of amides is 1. The average Bonchev–Trinajstić information content (AvgIpc) is 2.42. The van der Waals surface area contributed by atoms with Crippen molar-refractivity contribution in [3.8, 4) is 0 Å². The number of rotatable bonds is 4. The van der Waals surface area contributed by atoms with E-state index >= 15 is 0 Å². The second-order valence-corrected chi connectivity index (χ2v) is 4.74. The Morgan fingerprint density at radius 3 is 2.60 bits per heavy atom. The summed E-state index contributed by atoms with van der Waals surface area (Å²) in [5, 5.41) is 3.19. The van der Waals surface area contributed by atoms with Crippen LogP contribution in [-0.4, -0.2) is 10.5 Å². The van der Waals surface area contributed by atoms with Gasteiger partial charge < -0.3 is 15.6 Å². The highest BCUT2D eigenvalue weighted by atomic mass is 35.5. The molecule has 3 N–H and O–H groups in total. The van der Waals surface area contributed by atoms with E-state index in [4.69, 9.17) is 17.3 Å². The zero-order valence-electron chi connectivity index (χ0n) is 10.7. The van der Waals surface area contributed by atoms with Gasteiger partial charge in [0.25, 0.3) is 5.56 Å². The van der Waals surface area contributed by atoms with Crippen LogP contribution in [0, 0.1) is 0 Å². The number of hydrogen-bond acceptors (Lipinski definition) is 3. The summed E-state index contributed by atoms with van der Waals surface area (Å²) in [6.45, 7) is 0.278. The molecular weight excluding hydrogens is 278 g/mol. The molecular formula is C14H14ClN3O2. The van der Waals surface area contributed by atoms with Gasteiger partial charge in [-0.25, -0.2) is 0 Å². The highest BCUT2D eigenvalue weighted by molar-refractivity contribution is 6.30. The molecule has 0 aliphatic rings. The van der Waals surface area contributed by atoms with Crippen molar-refractivity contribution in [2.75, 3.05) is 11.1 Å². The zero-order valence-corrected chi connectivity index (χ0v) is 11.4. The summed E-state index contributed by atoms with van der Waals surface area (Å²) in [5.74, 6) is -0.179. The molecule has 104 valence electrons. The van der Waals surface area contributed by atoms with E-state index in [0.717, 1.165) is 0 Å². The van der Waals surface area contributed by atoms with Crippen molar-refractivity contribution < 1.29 is 4.79 Å². The number of aromatic nitrogens is 1. The molecule has 0 unspecified atom stereocenters. The van der Waals surface area contributed by atoms with Gasteiger partial charge in [-0.1, -0.05) is 11.6 Å². The van der Waals surface area contributed by atoms with Crippen LogP contribution in [0.5, 0.6) is 0 Å². The Balaban J connectivity index is 1.93. The second kappa shape index (κ2) is 6.25. The number of hydrogen-bond donors (Lipinski definition) is 2. The van der Waals surface area contributed by atoms with Crippen LogP contribution in [0.2, 0.25) is 5.02 Å². The summed E-state index contributed by atoms with van der Waals surface area (Å²) in [5.41, 5.74) is 6.68. The summed E-state index contributed by atoms with van der Waals surface area (Å²) in [7, 11) is 0. The smallest absolute Gasteiger partial charge is 0.250 e. The van der Waals surface area contributed by atoms with Crippen LogP contribution in [0.3, 0.4) is 0 Å². The molecule has 5 nitrogen and oxygen atoms in total. The molecule has 0 bridgehead atoms. The maximum absolute atomic E-state index is 11.8. The van der Waals surface area contributed by atoms with E-state index in [1.54, 1.807) is 24.3 Å². The van der Waals surface area contributed by atoms with E-state index < -0.39 is 0 Å². The van der Waals surface area contributed by atoms with E-state index in [0.29, 0.717) is 16.4 Å². The second-order valence-electron chi connectivity index (χ2n) is 4.30. The molecule has 0 spiro atoms. The van der Waals surface area contributed by atoms with Gasteiger partial charge in [0.15, 0.2) is 0 Å². The minimum Gasteiger partial charge on any atom is -0.399 e. The van der Waals surface area contributed by atoms with Gasteiger partial charge in [-0.05, 0) is 30.3 Å². The van der Waals surface area contributed by atoms with Crippen LogP contribution in [0.15, 0.2) is 47.4 Å². The van der Waals surface area contributed by atoms with Crippen molar-refractivity contribution in [2.24, 2.45) is 0 Å². The maximum Gasteiger partial charge on any atom is 0.250 e. The quantitative estimate of drug-likeness (QED) is 0.847. The third-order valence-corrected chi connectivity index (χ3v) is 2.95. The molecule has 6 heteroatoms. The van der Waals surface area contributed by atoms with Crippen molar-refractivity contribution >= 4 is 28.9 Å². The number of nitrogens with one attached hydrogen (secondary N) is 1. The molecule has 1 amide bonds. The fourth-order valence-corrected chi connectivity index (χ4v) is 1.87. The number of pyridine rings is 1. The fourth-order valence-electron chi connectivity index (χ4n) is 1.69. The maximum atomic E-state index is 11.8. The lowest BCUT2D eigenvalue weighted by atomic mass is 10.2. The number of benzene rings is 1. The van der Waals surface area contributed by atoms with Gasteiger partial charge in [-0.15, -0.1) is 0 Å². The summed E-state index contributed by atoms with van der Waals surface area (Å²) >= 11 is 5.80. The van der Waals surface area contributed by atoms with Crippen molar-refractivity contribution in [1.29, 1.82) is 0 Å². The lowest BCUT2D eigenvalue weighted by molar-refractivity contribution is -0.116. The standard InChI is InChI=1S/C14H14ClN3O2/c15-10-1-6-14(20)18(9-10)8-7-13(19)17-12-4-2-11(16)3-5-12/h1-6,9H,7-8,16H2,(H,17,19). The number of anilines is 2. The van der Waals surface area contributed by atoms with Gasteiger partial charge in [0.05, 0.1) is 5.02 Å². The first-order valence-electron chi connectivity index (χ1n) is 6.06. The minimum atomic E-state index is -0.185. The molecule has 0 atom stereocenters. The number of nitrogens with two attached hydrogens (primary N) is 1. The van der Waals surface area contributed by atoms with Gasteiger partial charge in [0.1, 0.15) is 0 Å². The first-order valence-corrected chi connectivity index (χ1v) is 6.44. The van der Waals surface area contributed by atoms with E-state index in [1.165, 1.54) is 22.9 Å². The van der Waals surface area contributed by atoms with E-state index in [1.807, 2.05) is 0 Å². The van der Waals surface area contributed by atoms with Crippen LogP contribution in [0.25, 0.3) is 0 Å². The molecule has 1 aromatic carbocycles. The minimum absolute atomic E-state index is 0.179. The van der Waals surface area contributed by atoms with Crippen LogP contribution >= 0.6 is 11.6 Å². The predicted molar refractivity (Wildman–Crippen MR) is 79.8 cm³/mol. The van der Waals surface area contributed by atoms with Crippen molar-refractivity contribution in [1.82, 2.24) is 4.57 Å². The summed E-state index contributed by atoms with van der Waals surface area (Å²) < 4.78 is 1.41. The fraction of sp³-hybridized carbons (Fsp3) is 0.143. The normalized spacial score (nSPS) is 10.2. The van der Waals surface area contributed by atoms with E-state index in [2.05, 4.69) is 5.32 Å². The molecule has 0 radical (unpaired) electrons. The van der Waals surface area contributed by atoms with Gasteiger partial charge in [-0.2, -0.15) is 0 Å². The lowest BCUT2D eigenvalue weighted by Crippen LogP contribution is -2.22. The van der Waals surface area contributed by atoms with Crippen LogP contribution in [0.1, 0.15) is 6.42 Å². The number of aryl methyl sites for hydroxylation is 1. The Morgan fingerprint density at radius 2 is 1.90 bits per heavy atom. The Bertz CT molecular complexity index is 665. The Hall–Kier alpha value is -2.27. The van der Waals surface area contributed by atoms with E-state index in [-0.39, 0.29) is 24.4 Å². The van der Waals surface area contributed by atoms with Gasteiger partial charge >= 0.3 is 0 Å². The topological polar surface area (TPSA) is 77.1 Å². The molecule has 0 saturated heterocycles. The molecule has 1 aromatic heterocycles. The third-order valence-electron chi connectivity index (χ3n) is 2.72. The average molecular weight is 292 g/mol. The monoisotopic (exact) mass is 291 g/mol. The van der Waals surface area contributed by atoms with Gasteiger partial charge in [0, 0.05) is 36.6 Å². The number of nitrogen functional groups attached to an aromatic ring is 1. The molecule has 2 aromatic rings.